The van der Waals surface area contributed by atoms with Crippen LogP contribution >= 0.6 is 7.75 Å². The highest BCUT2D eigenvalue weighted by Gasteiger charge is 2.73. The van der Waals surface area contributed by atoms with E-state index in [9.17, 15) is 27.6 Å². The van der Waals surface area contributed by atoms with Gasteiger partial charge in [-0.25, -0.2) is 13.9 Å². The predicted molar refractivity (Wildman–Crippen MR) is 139 cm³/mol. The van der Waals surface area contributed by atoms with Crippen LogP contribution in [0.3, 0.4) is 0 Å². The molecule has 1 aliphatic heterocycles. The molecule has 14 nitrogen and oxygen atoms in total. The molecule has 1 aliphatic rings. The lowest BCUT2D eigenvalue weighted by molar-refractivity contribution is -0.273. The van der Waals surface area contributed by atoms with E-state index in [0.717, 1.165) is 6.33 Å². The molecule has 1 aromatic carbocycles. The Labute approximate surface area is 236 Å². The molecule has 1 fully saturated rings. The summed E-state index contributed by atoms with van der Waals surface area (Å²) in [5, 5.41) is 15.6. The largest absolute Gasteiger partial charge is 0.465 e. The Morgan fingerprint density at radius 3 is 2.62 bits per heavy atom. The minimum Gasteiger partial charge on any atom is -0.465 e. The van der Waals surface area contributed by atoms with Crippen LogP contribution in [0.5, 0.6) is 5.75 Å². The Morgan fingerprint density at radius 1 is 1.31 bits per heavy atom. The lowest BCUT2D eigenvalue weighted by Crippen LogP contribution is -2.54. The molecule has 0 amide bonds. The Hall–Kier alpha value is -3.57. The first kappa shape index (κ1) is 31.4. The Morgan fingerprint density at radius 2 is 2.00 bits per heavy atom. The zero-order valence-electron chi connectivity index (χ0n) is 22.4. The number of imidazole rings is 1. The van der Waals surface area contributed by atoms with Crippen LogP contribution in [-0.2, 0) is 23.4 Å². The van der Waals surface area contributed by atoms with Crippen molar-refractivity contribution in [3.63, 3.8) is 0 Å². The number of halogens is 4. The number of nitrogens with two attached hydrogens (primary N) is 1. The van der Waals surface area contributed by atoms with Gasteiger partial charge in [0.2, 0.25) is 5.95 Å². The van der Waals surface area contributed by atoms with E-state index in [0.29, 0.717) is 4.57 Å². The topological polar surface area (TPSA) is 185 Å². The number of esters is 1. The van der Waals surface area contributed by atoms with Gasteiger partial charge in [-0.3, -0.25) is 13.9 Å². The van der Waals surface area contributed by atoms with Gasteiger partial charge in [0, 0.05) is 7.05 Å². The molecule has 6 atom stereocenters. The first-order chi connectivity index (χ1) is 19.7. The van der Waals surface area contributed by atoms with Gasteiger partial charge in [-0.15, -0.1) is 0 Å². The molecule has 19 heteroatoms. The number of nitrogens with one attached hydrogen (secondary N) is 2. The Kier molecular flexibility index (Phi) is 8.94. The zero-order valence-corrected chi connectivity index (χ0v) is 23.3. The number of aliphatic hydroxyl groups is 1. The third-order valence-electron chi connectivity index (χ3n) is 6.18. The number of fused-ring (bicyclic) bond motifs is 1. The van der Waals surface area contributed by atoms with Crippen LogP contribution in [-0.4, -0.2) is 81.0 Å². The summed E-state index contributed by atoms with van der Waals surface area (Å²) in [4.78, 5) is 23.8. The molecule has 0 bridgehead atoms. The fourth-order valence-corrected chi connectivity index (χ4v) is 5.68. The predicted octanol–water partition coefficient (Wildman–Crippen LogP) is 2.72. The molecule has 0 radical (unpaired) electrons. The van der Waals surface area contributed by atoms with E-state index in [2.05, 4.69) is 25.4 Å². The summed E-state index contributed by atoms with van der Waals surface area (Å²) >= 11 is 0. The number of para-hydroxylation sites is 1. The fourth-order valence-electron chi connectivity index (χ4n) is 4.18. The number of nitrogen functional groups attached to an aromatic ring is 1. The van der Waals surface area contributed by atoms with Gasteiger partial charge in [0.15, 0.2) is 23.2 Å². The summed E-state index contributed by atoms with van der Waals surface area (Å²) in [6.07, 6.45) is -12.3. The zero-order chi connectivity index (χ0) is 30.9. The third-order valence-corrected chi connectivity index (χ3v) is 7.82. The molecular weight excluding hydrogens is 593 g/mol. The Balaban J connectivity index is 1.66. The van der Waals surface area contributed by atoms with Crippen molar-refractivity contribution < 1.29 is 50.5 Å². The van der Waals surface area contributed by atoms with Crippen LogP contribution in [0.15, 0.2) is 36.7 Å². The van der Waals surface area contributed by atoms with Crippen molar-refractivity contribution in [3.05, 3.63) is 36.7 Å². The van der Waals surface area contributed by atoms with Crippen molar-refractivity contribution in [2.75, 3.05) is 31.3 Å². The van der Waals surface area contributed by atoms with Gasteiger partial charge < -0.3 is 30.2 Å². The van der Waals surface area contributed by atoms with E-state index in [4.69, 9.17) is 24.3 Å². The number of aromatic nitrogens is 4. The van der Waals surface area contributed by atoms with Gasteiger partial charge in [-0.2, -0.15) is 28.2 Å². The van der Waals surface area contributed by atoms with Gasteiger partial charge in [-0.1, -0.05) is 18.2 Å². The number of carbonyl (C=O) groups excluding carboxylic acids is 1. The molecule has 0 aliphatic carbocycles. The van der Waals surface area contributed by atoms with E-state index >= 15 is 4.39 Å². The second kappa shape index (κ2) is 12.0. The van der Waals surface area contributed by atoms with Crippen molar-refractivity contribution >= 4 is 36.6 Å². The van der Waals surface area contributed by atoms with Gasteiger partial charge in [-0.05, 0) is 26.0 Å². The highest BCUT2D eigenvalue weighted by molar-refractivity contribution is 7.52. The smallest absolute Gasteiger partial charge is 0.459 e. The quantitative estimate of drug-likeness (QED) is 0.139. The maximum absolute atomic E-state index is 16.0. The molecule has 0 saturated carbocycles. The standard InChI is InChI=1S/C23H28F4N7O7P/c1-4-38-19(36)12(2)33-42(37,41-13-8-6-5-7-9-13)39-10-14-16(35)22(24,23(25,26)27)20(40-14)34-11-30-15-17(29-3)31-21(28)32-18(15)34/h5-9,11-12,14,16,20,35H,4,10H2,1-3H3,(H,33,37)(H3,28,29,31,32)/t12-,14?,16+,20+,22+,42+/m0/s1. The maximum Gasteiger partial charge on any atom is 0.459 e. The van der Waals surface area contributed by atoms with Crippen molar-refractivity contribution in [3.8, 4) is 5.75 Å². The monoisotopic (exact) mass is 621 g/mol. The van der Waals surface area contributed by atoms with Crippen LogP contribution in [0.25, 0.3) is 11.2 Å². The van der Waals surface area contributed by atoms with Gasteiger partial charge in [0.05, 0.1) is 19.5 Å². The van der Waals surface area contributed by atoms with E-state index in [-0.39, 0.29) is 35.3 Å². The summed E-state index contributed by atoms with van der Waals surface area (Å²) in [6, 6.07) is 6.24. The van der Waals surface area contributed by atoms with E-state index in [1.165, 1.54) is 38.2 Å². The summed E-state index contributed by atoms with van der Waals surface area (Å²) in [6.45, 7) is 1.76. The highest BCUT2D eigenvalue weighted by Crippen LogP contribution is 2.53. The van der Waals surface area contributed by atoms with Gasteiger partial charge >= 0.3 is 19.9 Å². The number of benzene rings is 1. The van der Waals surface area contributed by atoms with Crippen molar-refractivity contribution in [1.29, 1.82) is 0 Å². The average molecular weight is 621 g/mol. The van der Waals surface area contributed by atoms with E-state index in [1.807, 2.05) is 0 Å². The molecule has 0 spiro atoms. The molecular formula is C23H28F4N7O7P. The number of alkyl halides is 4. The molecule has 2 aromatic heterocycles. The van der Waals surface area contributed by atoms with Crippen molar-refractivity contribution in [1.82, 2.24) is 24.6 Å². The first-order valence-corrected chi connectivity index (χ1v) is 14.0. The molecule has 4 rings (SSSR count). The number of ether oxygens (including phenoxy) is 2. The van der Waals surface area contributed by atoms with Crippen molar-refractivity contribution in [2.45, 2.75) is 50.2 Å². The van der Waals surface area contributed by atoms with Crippen LogP contribution in [0.1, 0.15) is 20.1 Å². The second-order valence-electron chi connectivity index (χ2n) is 9.04. The van der Waals surface area contributed by atoms with Crippen LogP contribution in [0.2, 0.25) is 0 Å². The normalized spacial score (nSPS) is 24.7. The molecule has 3 heterocycles. The Bertz CT molecular complexity index is 1460. The summed E-state index contributed by atoms with van der Waals surface area (Å²) in [5.41, 5.74) is 0.878. The third kappa shape index (κ3) is 5.98. The molecule has 3 aromatic rings. The summed E-state index contributed by atoms with van der Waals surface area (Å²) < 4.78 is 93.9. The lowest BCUT2D eigenvalue weighted by Gasteiger charge is -2.31. The number of anilines is 2. The summed E-state index contributed by atoms with van der Waals surface area (Å²) in [7, 11) is -3.13. The van der Waals surface area contributed by atoms with Crippen molar-refractivity contribution in [2.24, 2.45) is 0 Å². The fraction of sp³-hybridized carbons (Fsp3) is 0.478. The van der Waals surface area contributed by atoms with E-state index in [1.54, 1.807) is 13.0 Å². The van der Waals surface area contributed by atoms with Gasteiger partial charge in [0.25, 0.3) is 5.67 Å². The highest BCUT2D eigenvalue weighted by atomic mass is 31.2. The lowest BCUT2D eigenvalue weighted by atomic mass is 9.95. The number of nitrogens with zero attached hydrogens (tertiary/aromatic N) is 4. The molecule has 1 unspecified atom stereocenters. The van der Waals surface area contributed by atoms with Gasteiger partial charge in [0.1, 0.15) is 24.0 Å². The molecule has 5 N–H and O–H groups in total. The number of hydrogen-bond donors (Lipinski definition) is 4. The molecule has 42 heavy (non-hydrogen) atoms. The first-order valence-electron chi connectivity index (χ1n) is 12.4. The van der Waals surface area contributed by atoms with Crippen LogP contribution in [0, 0.1) is 0 Å². The number of hydrogen-bond acceptors (Lipinski definition) is 12. The molecule has 230 valence electrons. The minimum absolute atomic E-state index is 0.00435. The van der Waals surface area contributed by atoms with Crippen LogP contribution in [0.4, 0.5) is 29.3 Å². The SMILES string of the molecule is CCOC(=O)[C@H](C)N[P@@](=O)(OCC1O[C@@H](n2cnc3c(NC)nc(N)nc32)[C@@](F)(C(F)(F)F)[C@@H]1O)Oc1ccccc1. The second-order valence-corrected chi connectivity index (χ2v) is 10.7. The number of aliphatic hydroxyl groups excluding tert-OH is 1. The number of rotatable bonds is 11. The van der Waals surface area contributed by atoms with E-state index < -0.39 is 56.6 Å². The number of carbonyl (C=O) groups is 1. The molecule has 1 saturated heterocycles. The van der Waals surface area contributed by atoms with Crippen LogP contribution < -0.4 is 20.7 Å². The maximum atomic E-state index is 16.0. The summed E-state index contributed by atoms with van der Waals surface area (Å²) in [5.74, 6) is -1.13. The minimum atomic E-state index is -5.67. The average Bonchev–Trinajstić information content (AvgIpc) is 3.46.